The fourth-order valence-electron chi connectivity index (χ4n) is 4.83. The maximum atomic E-state index is 13.0. The van der Waals surface area contributed by atoms with Crippen LogP contribution in [0.1, 0.15) is 54.9 Å². The van der Waals surface area contributed by atoms with Crippen LogP contribution in [0.15, 0.2) is 24.3 Å². The Labute approximate surface area is 165 Å². The molecule has 1 atom stereocenters. The second-order valence-corrected chi connectivity index (χ2v) is 8.60. The minimum atomic E-state index is -0.902. The molecule has 0 unspecified atom stereocenters. The first-order chi connectivity index (χ1) is 13.4. The Hall–Kier alpha value is -2.37. The minimum absolute atomic E-state index is 0.0136. The molecule has 1 N–H and O–H groups in total. The van der Waals surface area contributed by atoms with Gasteiger partial charge in [0.25, 0.3) is 5.91 Å². The quantitative estimate of drug-likeness (QED) is 0.865. The third-order valence-electron chi connectivity index (χ3n) is 6.74. The van der Waals surface area contributed by atoms with E-state index < -0.39 is 12.0 Å². The summed E-state index contributed by atoms with van der Waals surface area (Å²) in [6.07, 6.45) is 4.60. The zero-order valence-electron chi connectivity index (χ0n) is 16.4. The van der Waals surface area contributed by atoms with Crippen LogP contribution < -0.4 is 0 Å². The molecule has 2 saturated heterocycles. The molecular weight excluding hydrogens is 356 g/mol. The van der Waals surface area contributed by atoms with Gasteiger partial charge in [-0.05, 0) is 55.6 Å². The normalized spacial score (nSPS) is 23.8. The van der Waals surface area contributed by atoms with Crippen molar-refractivity contribution in [2.24, 2.45) is 11.3 Å². The number of hydrogen-bond acceptors (Lipinski definition) is 3. The molecule has 0 aromatic heterocycles. The summed E-state index contributed by atoms with van der Waals surface area (Å²) in [6.45, 7) is 3.81. The lowest BCUT2D eigenvalue weighted by atomic mass is 9.76. The Morgan fingerprint density at radius 3 is 2.43 bits per heavy atom. The third kappa shape index (κ3) is 3.40. The van der Waals surface area contributed by atoms with E-state index in [1.807, 2.05) is 36.1 Å². The number of likely N-dealkylation sites (tertiary alicyclic amines) is 2. The Balaban J connectivity index is 1.45. The highest BCUT2D eigenvalue weighted by Gasteiger charge is 2.52. The van der Waals surface area contributed by atoms with Gasteiger partial charge < -0.3 is 14.9 Å². The molecule has 1 aromatic rings. The first-order valence-electron chi connectivity index (χ1n) is 10.3. The van der Waals surface area contributed by atoms with Gasteiger partial charge in [-0.25, -0.2) is 4.79 Å². The highest BCUT2D eigenvalue weighted by atomic mass is 16.4. The molecule has 0 radical (unpaired) electrons. The van der Waals surface area contributed by atoms with E-state index in [2.05, 4.69) is 0 Å². The van der Waals surface area contributed by atoms with Gasteiger partial charge in [0.15, 0.2) is 0 Å². The van der Waals surface area contributed by atoms with Crippen LogP contribution in [0, 0.1) is 11.3 Å². The summed E-state index contributed by atoms with van der Waals surface area (Å²) in [5, 5.41) is 9.64. The molecule has 0 bridgehead atoms. The second-order valence-electron chi connectivity index (χ2n) is 8.60. The van der Waals surface area contributed by atoms with Gasteiger partial charge in [-0.3, -0.25) is 9.59 Å². The van der Waals surface area contributed by atoms with Gasteiger partial charge in [-0.1, -0.05) is 25.1 Å². The fraction of sp³-hybridized carbons (Fsp3) is 0.591. The smallest absolute Gasteiger partial charge is 0.326 e. The zero-order chi connectivity index (χ0) is 19.9. The number of carbonyl (C=O) groups is 3. The highest BCUT2D eigenvalue weighted by Crippen LogP contribution is 2.45. The average Bonchev–Trinajstić information content (AvgIpc) is 3.49. The Bertz CT molecular complexity index is 793. The molecule has 3 fully saturated rings. The van der Waals surface area contributed by atoms with Crippen LogP contribution in [0.4, 0.5) is 0 Å². The summed E-state index contributed by atoms with van der Waals surface area (Å²) in [7, 11) is 0. The van der Waals surface area contributed by atoms with Gasteiger partial charge in [-0.15, -0.1) is 0 Å². The van der Waals surface area contributed by atoms with Crippen molar-refractivity contribution in [3.63, 3.8) is 0 Å². The van der Waals surface area contributed by atoms with Crippen LogP contribution in [0.5, 0.6) is 0 Å². The number of amides is 2. The molecule has 2 aliphatic heterocycles. The van der Waals surface area contributed by atoms with Crippen LogP contribution in [0.2, 0.25) is 0 Å². The van der Waals surface area contributed by atoms with Crippen molar-refractivity contribution in [2.45, 2.75) is 51.5 Å². The van der Waals surface area contributed by atoms with E-state index in [0.29, 0.717) is 26.1 Å². The number of aryl methyl sites for hydroxylation is 1. The average molecular weight is 384 g/mol. The number of carboxylic acid groups (broad SMARTS) is 1. The Morgan fingerprint density at radius 2 is 1.82 bits per heavy atom. The molecule has 1 aliphatic carbocycles. The third-order valence-corrected chi connectivity index (χ3v) is 6.74. The lowest BCUT2D eigenvalue weighted by Crippen LogP contribution is -2.45. The van der Waals surface area contributed by atoms with E-state index in [1.54, 1.807) is 4.90 Å². The molecule has 1 saturated carbocycles. The summed E-state index contributed by atoms with van der Waals surface area (Å²) < 4.78 is 0. The molecule has 2 amide bonds. The standard InChI is InChI=1S/C22H28N2O4/c1-2-15-5-3-4-6-17(15)20(26)23-11-9-22(10-12-23)13-18(21(27)28)24(14-22)19(25)16-7-8-16/h3-6,16,18H,2,7-14H2,1H3,(H,27,28)/t18-/m1/s1. The number of piperidine rings is 1. The van der Waals surface area contributed by atoms with E-state index in [1.165, 1.54) is 0 Å². The molecular formula is C22H28N2O4. The SMILES string of the molecule is CCc1ccccc1C(=O)N1CCC2(CC1)C[C@H](C(=O)O)N(C(=O)C1CC1)C2. The first kappa shape index (κ1) is 19.0. The van der Waals surface area contributed by atoms with E-state index in [4.69, 9.17) is 0 Å². The Morgan fingerprint density at radius 1 is 1.14 bits per heavy atom. The zero-order valence-corrected chi connectivity index (χ0v) is 16.4. The monoisotopic (exact) mass is 384 g/mol. The highest BCUT2D eigenvalue weighted by molar-refractivity contribution is 5.95. The van der Waals surface area contributed by atoms with E-state index in [-0.39, 0.29) is 23.1 Å². The van der Waals surface area contributed by atoms with Gasteiger partial charge in [0.1, 0.15) is 6.04 Å². The van der Waals surface area contributed by atoms with Gasteiger partial charge in [0.2, 0.25) is 5.91 Å². The number of carbonyl (C=O) groups excluding carboxylic acids is 2. The second kappa shape index (κ2) is 7.22. The van der Waals surface area contributed by atoms with E-state index in [9.17, 15) is 19.5 Å². The van der Waals surface area contributed by atoms with Gasteiger partial charge in [-0.2, -0.15) is 0 Å². The maximum Gasteiger partial charge on any atom is 0.326 e. The van der Waals surface area contributed by atoms with Crippen LogP contribution in [0.25, 0.3) is 0 Å². The maximum absolute atomic E-state index is 13.0. The molecule has 28 heavy (non-hydrogen) atoms. The van der Waals surface area contributed by atoms with Gasteiger partial charge in [0.05, 0.1) is 0 Å². The minimum Gasteiger partial charge on any atom is -0.480 e. The molecule has 3 aliphatic rings. The number of benzene rings is 1. The number of hydrogen-bond donors (Lipinski definition) is 1. The molecule has 4 rings (SSSR count). The van der Waals surface area contributed by atoms with Crippen LogP contribution in [0.3, 0.4) is 0 Å². The lowest BCUT2D eigenvalue weighted by molar-refractivity contribution is -0.148. The molecule has 2 heterocycles. The van der Waals surface area contributed by atoms with Crippen LogP contribution in [-0.4, -0.2) is 58.4 Å². The predicted octanol–water partition coefficient (Wildman–Crippen LogP) is 2.57. The summed E-state index contributed by atoms with van der Waals surface area (Å²) in [6, 6.07) is 7.02. The first-order valence-corrected chi connectivity index (χ1v) is 10.3. The van der Waals surface area contributed by atoms with E-state index >= 15 is 0 Å². The molecule has 1 aromatic carbocycles. The van der Waals surface area contributed by atoms with Crippen LogP contribution >= 0.6 is 0 Å². The summed E-state index contributed by atoms with van der Waals surface area (Å²) in [5.41, 5.74) is 1.65. The van der Waals surface area contributed by atoms with Crippen molar-refractivity contribution in [3.8, 4) is 0 Å². The Kier molecular flexibility index (Phi) is 4.89. The van der Waals surface area contributed by atoms with Gasteiger partial charge in [0, 0.05) is 31.1 Å². The fourth-order valence-corrected chi connectivity index (χ4v) is 4.83. The van der Waals surface area contributed by atoms with Crippen molar-refractivity contribution in [1.82, 2.24) is 9.80 Å². The van der Waals surface area contributed by atoms with Crippen molar-refractivity contribution in [3.05, 3.63) is 35.4 Å². The number of carboxylic acids is 1. The van der Waals surface area contributed by atoms with E-state index in [0.717, 1.165) is 43.2 Å². The van der Waals surface area contributed by atoms with Crippen LogP contribution in [-0.2, 0) is 16.0 Å². The van der Waals surface area contributed by atoms with Crippen molar-refractivity contribution >= 4 is 17.8 Å². The van der Waals surface area contributed by atoms with Crippen molar-refractivity contribution in [2.75, 3.05) is 19.6 Å². The topological polar surface area (TPSA) is 77.9 Å². The lowest BCUT2D eigenvalue weighted by Gasteiger charge is -2.39. The number of rotatable bonds is 4. The van der Waals surface area contributed by atoms with Crippen molar-refractivity contribution in [1.29, 1.82) is 0 Å². The molecule has 150 valence electrons. The summed E-state index contributed by atoms with van der Waals surface area (Å²) in [5.74, 6) is -0.795. The largest absolute Gasteiger partial charge is 0.480 e. The summed E-state index contributed by atoms with van der Waals surface area (Å²) >= 11 is 0. The van der Waals surface area contributed by atoms with Gasteiger partial charge >= 0.3 is 5.97 Å². The predicted molar refractivity (Wildman–Crippen MR) is 104 cm³/mol. The molecule has 1 spiro atoms. The molecule has 6 nitrogen and oxygen atoms in total. The number of nitrogens with zero attached hydrogens (tertiary/aromatic N) is 2. The number of aliphatic carboxylic acids is 1. The molecule has 6 heteroatoms. The summed E-state index contributed by atoms with van der Waals surface area (Å²) in [4.78, 5) is 40.8. The van der Waals surface area contributed by atoms with Crippen molar-refractivity contribution < 1.29 is 19.5 Å².